The van der Waals surface area contributed by atoms with Crippen LogP contribution in [0.15, 0.2) is 18.2 Å². The van der Waals surface area contributed by atoms with Crippen molar-refractivity contribution in [3.05, 3.63) is 29.3 Å². The quantitative estimate of drug-likeness (QED) is 0.752. The lowest BCUT2D eigenvalue weighted by Gasteiger charge is -2.27. The number of hydrogen-bond donors (Lipinski definition) is 2. The summed E-state index contributed by atoms with van der Waals surface area (Å²) in [5.74, 6) is 0.253. The topological polar surface area (TPSA) is 67.4 Å². The molecule has 1 fully saturated rings. The molecule has 0 heterocycles. The van der Waals surface area contributed by atoms with Gasteiger partial charge in [0.2, 0.25) is 5.91 Å². The molecule has 0 aliphatic heterocycles. The molecular weight excluding hydrogens is 352 g/mol. The first-order chi connectivity index (χ1) is 13.0. The van der Waals surface area contributed by atoms with Crippen LogP contribution in [-0.4, -0.2) is 18.4 Å². The molecule has 156 valence electrons. The molecule has 1 aromatic carbocycles. The standard InChI is InChI=1S/C23H36N2O3/c1-22(2,3)17-12-13-19(18(14-17)23(4,5)6)28-15-20(26)24-25-21(27)16-10-8-7-9-11-16/h12-14,16H,7-11,15H2,1-6H3,(H,24,26)(H,25,27). The van der Waals surface area contributed by atoms with Crippen molar-refractivity contribution in [1.29, 1.82) is 0 Å². The lowest BCUT2D eigenvalue weighted by Crippen LogP contribution is -2.46. The van der Waals surface area contributed by atoms with E-state index >= 15 is 0 Å². The van der Waals surface area contributed by atoms with Crippen molar-refractivity contribution < 1.29 is 14.3 Å². The molecule has 5 nitrogen and oxygen atoms in total. The van der Waals surface area contributed by atoms with Gasteiger partial charge in [0.25, 0.3) is 5.91 Å². The highest BCUT2D eigenvalue weighted by molar-refractivity contribution is 5.84. The number of nitrogens with one attached hydrogen (secondary N) is 2. The molecule has 1 aliphatic rings. The van der Waals surface area contributed by atoms with Crippen LogP contribution in [0.1, 0.15) is 84.8 Å². The van der Waals surface area contributed by atoms with Crippen molar-refractivity contribution in [1.82, 2.24) is 10.9 Å². The van der Waals surface area contributed by atoms with E-state index in [9.17, 15) is 9.59 Å². The van der Waals surface area contributed by atoms with E-state index in [1.54, 1.807) is 0 Å². The zero-order valence-corrected chi connectivity index (χ0v) is 18.3. The maximum atomic E-state index is 12.1. The number of hydrogen-bond acceptors (Lipinski definition) is 3. The molecule has 0 bridgehead atoms. The second-order valence-electron chi connectivity index (χ2n) is 9.87. The summed E-state index contributed by atoms with van der Waals surface area (Å²) in [5, 5.41) is 0. The molecule has 1 aromatic rings. The van der Waals surface area contributed by atoms with Crippen LogP contribution in [0.3, 0.4) is 0 Å². The Bertz CT molecular complexity index is 693. The Balaban J connectivity index is 1.95. The van der Waals surface area contributed by atoms with Gasteiger partial charge in [-0.25, -0.2) is 0 Å². The minimum absolute atomic E-state index is 0.00686. The largest absolute Gasteiger partial charge is 0.483 e. The van der Waals surface area contributed by atoms with Crippen LogP contribution in [0.25, 0.3) is 0 Å². The molecule has 5 heteroatoms. The first kappa shape index (κ1) is 22.3. The van der Waals surface area contributed by atoms with E-state index in [1.165, 1.54) is 12.0 Å². The van der Waals surface area contributed by atoms with Gasteiger partial charge in [-0.3, -0.25) is 20.4 Å². The number of benzene rings is 1. The SMILES string of the molecule is CC(C)(C)c1ccc(OCC(=O)NNC(=O)C2CCCCC2)c(C(C)(C)C)c1. The van der Waals surface area contributed by atoms with Gasteiger partial charge < -0.3 is 4.74 Å². The molecule has 0 radical (unpaired) electrons. The van der Waals surface area contributed by atoms with E-state index < -0.39 is 0 Å². The highest BCUT2D eigenvalue weighted by atomic mass is 16.5. The fourth-order valence-corrected chi connectivity index (χ4v) is 3.49. The predicted molar refractivity (Wildman–Crippen MR) is 112 cm³/mol. The van der Waals surface area contributed by atoms with Crippen LogP contribution >= 0.6 is 0 Å². The number of hydrazine groups is 1. The van der Waals surface area contributed by atoms with Crippen molar-refractivity contribution in [2.24, 2.45) is 5.92 Å². The summed E-state index contributed by atoms with van der Waals surface area (Å²) in [6.07, 6.45) is 5.14. The molecular formula is C23H36N2O3. The number of rotatable bonds is 4. The molecule has 0 atom stereocenters. The summed E-state index contributed by atoms with van der Waals surface area (Å²) >= 11 is 0. The monoisotopic (exact) mass is 388 g/mol. The van der Waals surface area contributed by atoms with Crippen LogP contribution in [0.2, 0.25) is 0 Å². The molecule has 1 aliphatic carbocycles. The van der Waals surface area contributed by atoms with Crippen LogP contribution in [0.5, 0.6) is 5.75 Å². The number of amides is 2. The zero-order valence-electron chi connectivity index (χ0n) is 18.3. The van der Waals surface area contributed by atoms with Gasteiger partial charge in [-0.2, -0.15) is 0 Å². The molecule has 2 N–H and O–H groups in total. The molecule has 0 unspecified atom stereocenters. The third-order valence-corrected chi connectivity index (χ3v) is 5.31. The number of carbonyl (C=O) groups is 2. The molecule has 1 saturated carbocycles. The summed E-state index contributed by atoms with van der Waals surface area (Å²) < 4.78 is 5.81. The van der Waals surface area contributed by atoms with Gasteiger partial charge in [0, 0.05) is 5.92 Å². The van der Waals surface area contributed by atoms with Gasteiger partial charge >= 0.3 is 0 Å². The fourth-order valence-electron chi connectivity index (χ4n) is 3.49. The highest BCUT2D eigenvalue weighted by Gasteiger charge is 2.24. The predicted octanol–water partition coefficient (Wildman–Crippen LogP) is 4.39. The van der Waals surface area contributed by atoms with Crippen molar-refractivity contribution in [2.45, 2.75) is 84.5 Å². The summed E-state index contributed by atoms with van der Waals surface area (Å²) in [7, 11) is 0. The van der Waals surface area contributed by atoms with Gasteiger partial charge in [-0.1, -0.05) is 72.9 Å². The van der Waals surface area contributed by atoms with Crippen molar-refractivity contribution >= 4 is 11.8 Å². The smallest absolute Gasteiger partial charge is 0.276 e. The Morgan fingerprint density at radius 3 is 2.18 bits per heavy atom. The Labute approximate surface area is 169 Å². The third-order valence-electron chi connectivity index (χ3n) is 5.31. The van der Waals surface area contributed by atoms with Gasteiger partial charge in [0.15, 0.2) is 6.61 Å². The van der Waals surface area contributed by atoms with Crippen LogP contribution in [0.4, 0.5) is 0 Å². The lowest BCUT2D eigenvalue weighted by atomic mass is 9.80. The summed E-state index contributed by atoms with van der Waals surface area (Å²) in [6.45, 7) is 12.8. The van der Waals surface area contributed by atoms with Crippen molar-refractivity contribution in [3.63, 3.8) is 0 Å². The first-order valence-corrected chi connectivity index (χ1v) is 10.3. The second-order valence-corrected chi connectivity index (χ2v) is 9.87. The van der Waals surface area contributed by atoms with Gasteiger partial charge in [-0.05, 0) is 40.9 Å². The molecule has 28 heavy (non-hydrogen) atoms. The fraction of sp³-hybridized carbons (Fsp3) is 0.652. The Kier molecular flexibility index (Phi) is 7.13. The number of ether oxygens (including phenoxy) is 1. The maximum absolute atomic E-state index is 12.1. The van der Waals surface area contributed by atoms with E-state index in [4.69, 9.17) is 4.74 Å². The van der Waals surface area contributed by atoms with Crippen molar-refractivity contribution in [3.8, 4) is 5.75 Å². The first-order valence-electron chi connectivity index (χ1n) is 10.3. The average molecular weight is 389 g/mol. The Morgan fingerprint density at radius 2 is 1.61 bits per heavy atom. The zero-order chi connectivity index (χ0) is 20.9. The van der Waals surface area contributed by atoms with Crippen molar-refractivity contribution in [2.75, 3.05) is 6.61 Å². The summed E-state index contributed by atoms with van der Waals surface area (Å²) in [5.41, 5.74) is 7.26. The minimum atomic E-state index is -0.357. The summed E-state index contributed by atoms with van der Waals surface area (Å²) in [6, 6.07) is 6.15. The van der Waals surface area contributed by atoms with Crippen LogP contribution in [0, 0.1) is 5.92 Å². The Morgan fingerprint density at radius 1 is 0.964 bits per heavy atom. The molecule has 2 amide bonds. The molecule has 2 rings (SSSR count). The normalized spacial score (nSPS) is 15.8. The Hall–Kier alpha value is -2.04. The molecule has 0 saturated heterocycles. The van der Waals surface area contributed by atoms with E-state index in [2.05, 4.69) is 58.5 Å². The van der Waals surface area contributed by atoms with E-state index in [0.717, 1.165) is 31.2 Å². The van der Waals surface area contributed by atoms with Gasteiger partial charge in [-0.15, -0.1) is 0 Å². The van der Waals surface area contributed by atoms with Gasteiger partial charge in [0.05, 0.1) is 0 Å². The summed E-state index contributed by atoms with van der Waals surface area (Å²) in [4.78, 5) is 24.3. The van der Waals surface area contributed by atoms with E-state index in [-0.39, 0.29) is 35.2 Å². The second kappa shape index (κ2) is 8.97. The lowest BCUT2D eigenvalue weighted by molar-refractivity contribution is -0.132. The van der Waals surface area contributed by atoms with Gasteiger partial charge in [0.1, 0.15) is 5.75 Å². The molecule has 0 spiro atoms. The van der Waals surface area contributed by atoms with Crippen LogP contribution in [-0.2, 0) is 20.4 Å². The maximum Gasteiger partial charge on any atom is 0.276 e. The van der Waals surface area contributed by atoms with E-state index in [1.807, 2.05) is 12.1 Å². The third kappa shape index (κ3) is 6.25. The van der Waals surface area contributed by atoms with E-state index in [0.29, 0.717) is 5.75 Å². The minimum Gasteiger partial charge on any atom is -0.483 e. The highest BCUT2D eigenvalue weighted by Crippen LogP contribution is 2.35. The molecule has 0 aromatic heterocycles. The number of carbonyl (C=O) groups excluding carboxylic acids is 2. The van der Waals surface area contributed by atoms with Crippen LogP contribution < -0.4 is 15.6 Å². The average Bonchev–Trinajstić information content (AvgIpc) is 2.63.